The van der Waals surface area contributed by atoms with E-state index in [1.54, 1.807) is 30.3 Å². The smallest absolute Gasteiger partial charge is 0.261 e. The molecule has 8 nitrogen and oxygen atoms in total. The van der Waals surface area contributed by atoms with Crippen molar-refractivity contribution in [2.75, 3.05) is 69.0 Å². The zero-order valence-corrected chi connectivity index (χ0v) is 20.2. The zero-order chi connectivity index (χ0) is 23.4. The van der Waals surface area contributed by atoms with Gasteiger partial charge in [-0.05, 0) is 57.3 Å². The van der Waals surface area contributed by atoms with Crippen molar-refractivity contribution in [1.82, 2.24) is 15.1 Å². The van der Waals surface area contributed by atoms with Gasteiger partial charge in [-0.15, -0.1) is 0 Å². The number of nitrogens with zero attached hydrogens (tertiary/aromatic N) is 3. The summed E-state index contributed by atoms with van der Waals surface area (Å²) in [5.41, 5.74) is 2.72. The molecule has 0 unspecified atom stereocenters. The number of hydrogen-bond donors (Lipinski definition) is 2. The van der Waals surface area contributed by atoms with Crippen LogP contribution in [0.3, 0.4) is 0 Å². The number of likely N-dealkylation sites (N-methyl/N-ethyl adjacent to an activating group) is 1. The van der Waals surface area contributed by atoms with E-state index >= 15 is 0 Å². The Bertz CT molecular complexity index is 1080. The van der Waals surface area contributed by atoms with Crippen LogP contribution in [-0.2, 0) is 10.0 Å². The van der Waals surface area contributed by atoms with Crippen molar-refractivity contribution in [3.63, 3.8) is 0 Å². The third-order valence-electron chi connectivity index (χ3n) is 6.28. The van der Waals surface area contributed by atoms with E-state index in [4.69, 9.17) is 0 Å². The fourth-order valence-corrected chi connectivity index (χ4v) is 5.35. The number of piperazine rings is 1. The lowest BCUT2D eigenvalue weighted by Gasteiger charge is -2.31. The molecule has 2 aliphatic rings. The molecule has 0 bridgehead atoms. The van der Waals surface area contributed by atoms with Gasteiger partial charge in [0.05, 0.1) is 16.3 Å². The van der Waals surface area contributed by atoms with Crippen LogP contribution < -0.4 is 14.9 Å². The molecule has 2 aromatic carbocycles. The lowest BCUT2D eigenvalue weighted by molar-refractivity contribution is 0.0763. The van der Waals surface area contributed by atoms with Gasteiger partial charge in [-0.3, -0.25) is 9.52 Å². The molecular formula is C24H33N5O3S. The SMILES string of the molecule is Cc1ccc(S(=O)(=O)Nc2cc(C(=O)N3CCCN(C)CC3)ccc2N2CCNCC2)cc1. The Morgan fingerprint density at radius 3 is 2.39 bits per heavy atom. The van der Waals surface area contributed by atoms with Crippen molar-refractivity contribution in [1.29, 1.82) is 0 Å². The van der Waals surface area contributed by atoms with Crippen LogP contribution in [0.5, 0.6) is 0 Å². The van der Waals surface area contributed by atoms with Crippen molar-refractivity contribution < 1.29 is 13.2 Å². The predicted molar refractivity (Wildman–Crippen MR) is 132 cm³/mol. The van der Waals surface area contributed by atoms with Crippen LogP contribution in [0, 0.1) is 6.92 Å². The van der Waals surface area contributed by atoms with Gasteiger partial charge < -0.3 is 20.0 Å². The second kappa shape index (κ2) is 10.1. The van der Waals surface area contributed by atoms with Crippen LogP contribution in [-0.4, -0.2) is 83.5 Å². The predicted octanol–water partition coefficient (Wildman–Crippen LogP) is 1.98. The van der Waals surface area contributed by atoms with Crippen LogP contribution in [0.4, 0.5) is 11.4 Å². The molecule has 2 N–H and O–H groups in total. The van der Waals surface area contributed by atoms with Crippen LogP contribution in [0.2, 0.25) is 0 Å². The Labute approximate surface area is 196 Å². The molecule has 0 aromatic heterocycles. The highest BCUT2D eigenvalue weighted by molar-refractivity contribution is 7.92. The molecule has 2 heterocycles. The van der Waals surface area contributed by atoms with E-state index in [1.165, 1.54) is 0 Å². The molecule has 0 atom stereocenters. The maximum Gasteiger partial charge on any atom is 0.261 e. The molecule has 2 aliphatic heterocycles. The quantitative estimate of drug-likeness (QED) is 0.694. The van der Waals surface area contributed by atoms with E-state index in [0.29, 0.717) is 24.3 Å². The molecule has 2 aromatic rings. The van der Waals surface area contributed by atoms with Crippen LogP contribution in [0.25, 0.3) is 0 Å². The summed E-state index contributed by atoms with van der Waals surface area (Å²) < 4.78 is 29.1. The van der Waals surface area contributed by atoms with Crippen LogP contribution >= 0.6 is 0 Å². The molecule has 0 spiro atoms. The summed E-state index contributed by atoms with van der Waals surface area (Å²) in [6.45, 7) is 8.27. The average Bonchev–Trinajstić information content (AvgIpc) is 3.03. The number of amides is 1. The van der Waals surface area contributed by atoms with Crippen molar-refractivity contribution in [2.45, 2.75) is 18.2 Å². The van der Waals surface area contributed by atoms with Crippen molar-refractivity contribution in [3.05, 3.63) is 53.6 Å². The van der Waals surface area contributed by atoms with Gasteiger partial charge in [0.15, 0.2) is 0 Å². The van der Waals surface area contributed by atoms with Crippen molar-refractivity contribution in [3.8, 4) is 0 Å². The maximum absolute atomic E-state index is 13.3. The van der Waals surface area contributed by atoms with E-state index in [9.17, 15) is 13.2 Å². The zero-order valence-electron chi connectivity index (χ0n) is 19.4. The van der Waals surface area contributed by atoms with Gasteiger partial charge in [0.25, 0.3) is 15.9 Å². The van der Waals surface area contributed by atoms with Gasteiger partial charge >= 0.3 is 0 Å². The van der Waals surface area contributed by atoms with Crippen molar-refractivity contribution in [2.24, 2.45) is 0 Å². The lowest BCUT2D eigenvalue weighted by Crippen LogP contribution is -2.43. The fourth-order valence-electron chi connectivity index (χ4n) is 4.29. The summed E-state index contributed by atoms with van der Waals surface area (Å²) >= 11 is 0. The Kier molecular flexibility index (Phi) is 7.21. The Morgan fingerprint density at radius 2 is 1.67 bits per heavy atom. The van der Waals surface area contributed by atoms with Gasteiger partial charge in [-0.1, -0.05) is 17.7 Å². The standard InChI is InChI=1S/C24H33N5O3S/c1-19-4-7-21(8-5-19)33(31,32)26-22-18-20(6-9-23(22)28-14-10-25-11-15-28)24(30)29-13-3-12-27(2)16-17-29/h4-9,18,25-26H,3,10-17H2,1-2H3. The summed E-state index contributed by atoms with van der Waals surface area (Å²) in [6.07, 6.45) is 0.925. The molecule has 33 heavy (non-hydrogen) atoms. The van der Waals surface area contributed by atoms with Crippen LogP contribution in [0.15, 0.2) is 47.4 Å². The highest BCUT2D eigenvalue weighted by Crippen LogP contribution is 2.30. The number of anilines is 2. The minimum atomic E-state index is -3.80. The molecule has 2 saturated heterocycles. The number of nitrogens with one attached hydrogen (secondary N) is 2. The fraction of sp³-hybridized carbons (Fsp3) is 0.458. The molecular weight excluding hydrogens is 438 g/mol. The third-order valence-corrected chi connectivity index (χ3v) is 7.66. The van der Waals surface area contributed by atoms with E-state index in [0.717, 1.165) is 56.9 Å². The van der Waals surface area contributed by atoms with E-state index in [-0.39, 0.29) is 10.8 Å². The number of aryl methyl sites for hydroxylation is 1. The minimum Gasteiger partial charge on any atom is -0.367 e. The summed E-state index contributed by atoms with van der Waals surface area (Å²) in [4.78, 5) is 19.7. The summed E-state index contributed by atoms with van der Waals surface area (Å²) in [6, 6.07) is 12.1. The first-order valence-corrected chi connectivity index (χ1v) is 13.0. The molecule has 9 heteroatoms. The first-order chi connectivity index (χ1) is 15.8. The summed E-state index contributed by atoms with van der Waals surface area (Å²) in [5.74, 6) is -0.0621. The number of carbonyl (C=O) groups excluding carboxylic acids is 1. The Balaban J connectivity index is 1.66. The topological polar surface area (TPSA) is 85.0 Å². The molecule has 2 fully saturated rings. The second-order valence-corrected chi connectivity index (χ2v) is 10.5. The molecule has 0 saturated carbocycles. The van der Waals surface area contributed by atoms with Crippen molar-refractivity contribution >= 4 is 27.3 Å². The first kappa shape index (κ1) is 23.5. The van der Waals surface area contributed by atoms with Gasteiger partial charge in [0.1, 0.15) is 0 Å². The highest BCUT2D eigenvalue weighted by atomic mass is 32.2. The van der Waals surface area contributed by atoms with E-state index in [2.05, 4.69) is 26.9 Å². The van der Waals surface area contributed by atoms with E-state index in [1.807, 2.05) is 24.0 Å². The normalized spacial score (nSPS) is 18.1. The summed E-state index contributed by atoms with van der Waals surface area (Å²) in [7, 11) is -1.73. The molecule has 1 amide bonds. The van der Waals surface area contributed by atoms with Gasteiger partial charge in [0, 0.05) is 51.4 Å². The second-order valence-electron chi connectivity index (χ2n) is 8.84. The maximum atomic E-state index is 13.3. The Hall–Kier alpha value is -2.62. The molecule has 178 valence electrons. The van der Waals surface area contributed by atoms with Gasteiger partial charge in [-0.25, -0.2) is 8.42 Å². The number of benzene rings is 2. The minimum absolute atomic E-state index is 0.0621. The lowest BCUT2D eigenvalue weighted by atomic mass is 10.1. The highest BCUT2D eigenvalue weighted by Gasteiger charge is 2.24. The van der Waals surface area contributed by atoms with Gasteiger partial charge in [0.2, 0.25) is 0 Å². The van der Waals surface area contributed by atoms with E-state index < -0.39 is 10.0 Å². The summed E-state index contributed by atoms with van der Waals surface area (Å²) in [5, 5.41) is 3.32. The largest absolute Gasteiger partial charge is 0.367 e. The number of sulfonamides is 1. The molecule has 0 aliphatic carbocycles. The van der Waals surface area contributed by atoms with Gasteiger partial charge in [-0.2, -0.15) is 0 Å². The third kappa shape index (κ3) is 5.66. The Morgan fingerprint density at radius 1 is 0.939 bits per heavy atom. The molecule has 0 radical (unpaired) electrons. The van der Waals surface area contributed by atoms with Crippen LogP contribution in [0.1, 0.15) is 22.3 Å². The first-order valence-electron chi connectivity index (χ1n) is 11.5. The number of carbonyl (C=O) groups is 1. The monoisotopic (exact) mass is 471 g/mol. The number of hydrogen-bond acceptors (Lipinski definition) is 6. The molecule has 4 rings (SSSR count). The average molecular weight is 472 g/mol. The number of rotatable bonds is 5.